The molecule has 16 heavy (non-hydrogen) atoms. The second-order valence-electron chi connectivity index (χ2n) is 4.14. The fraction of sp³-hybridized carbons (Fsp3) is 0.545. The van der Waals surface area contributed by atoms with E-state index in [0.29, 0.717) is 0 Å². The second-order valence-corrected chi connectivity index (χ2v) is 5.09. The zero-order valence-corrected chi connectivity index (χ0v) is 10.1. The molecular weight excluding hydrogens is 226 g/mol. The van der Waals surface area contributed by atoms with Gasteiger partial charge in [0.25, 0.3) is 0 Å². The van der Waals surface area contributed by atoms with Crippen molar-refractivity contribution in [3.8, 4) is 0 Å². The Hall–Kier alpha value is -0.910. The maximum Gasteiger partial charge on any atom is 0.316 e. The van der Waals surface area contributed by atoms with Gasteiger partial charge in [-0.15, -0.1) is 11.3 Å². The molecule has 0 bridgehead atoms. The summed E-state index contributed by atoms with van der Waals surface area (Å²) in [6.07, 6.45) is 0. The molecule has 0 spiro atoms. The van der Waals surface area contributed by atoms with E-state index in [2.05, 4.69) is 5.32 Å². The second kappa shape index (κ2) is 4.16. The first kappa shape index (κ1) is 11.6. The molecule has 1 aromatic heterocycles. The molecule has 5 heteroatoms. The SMILES string of the molecule is CNC(c1sccc1C)C1(C(=O)O)COC1. The normalized spacial score (nSPS) is 20.1. The lowest BCUT2D eigenvalue weighted by Gasteiger charge is -2.43. The van der Waals surface area contributed by atoms with E-state index in [1.165, 1.54) is 0 Å². The topological polar surface area (TPSA) is 58.6 Å². The first-order chi connectivity index (χ1) is 7.62. The Morgan fingerprint density at radius 1 is 1.69 bits per heavy atom. The minimum Gasteiger partial charge on any atom is -0.481 e. The van der Waals surface area contributed by atoms with E-state index >= 15 is 0 Å². The zero-order chi connectivity index (χ0) is 11.8. The van der Waals surface area contributed by atoms with Gasteiger partial charge in [0.1, 0.15) is 5.41 Å². The Balaban J connectivity index is 2.36. The molecule has 1 aromatic rings. The van der Waals surface area contributed by atoms with Crippen molar-refractivity contribution in [2.75, 3.05) is 20.3 Å². The molecule has 2 heterocycles. The molecule has 1 unspecified atom stereocenters. The molecule has 0 aromatic carbocycles. The van der Waals surface area contributed by atoms with Gasteiger partial charge in [-0.1, -0.05) is 0 Å². The summed E-state index contributed by atoms with van der Waals surface area (Å²) in [7, 11) is 1.80. The highest BCUT2D eigenvalue weighted by molar-refractivity contribution is 7.10. The first-order valence-electron chi connectivity index (χ1n) is 5.14. The fourth-order valence-corrected chi connectivity index (χ4v) is 3.23. The molecule has 1 aliphatic rings. The molecule has 0 radical (unpaired) electrons. The quantitative estimate of drug-likeness (QED) is 0.837. The van der Waals surface area contributed by atoms with Gasteiger partial charge in [-0.3, -0.25) is 4.79 Å². The zero-order valence-electron chi connectivity index (χ0n) is 9.32. The van der Waals surface area contributed by atoms with Crippen LogP contribution in [-0.4, -0.2) is 31.3 Å². The van der Waals surface area contributed by atoms with Gasteiger partial charge in [-0.2, -0.15) is 0 Å². The van der Waals surface area contributed by atoms with Gasteiger partial charge in [0, 0.05) is 4.88 Å². The van der Waals surface area contributed by atoms with E-state index in [1.54, 1.807) is 18.4 Å². The molecule has 88 valence electrons. The fourth-order valence-electron chi connectivity index (χ4n) is 2.07. The van der Waals surface area contributed by atoms with Crippen molar-refractivity contribution in [2.45, 2.75) is 13.0 Å². The smallest absolute Gasteiger partial charge is 0.316 e. The number of hydrogen-bond acceptors (Lipinski definition) is 4. The molecule has 1 aliphatic heterocycles. The number of carboxylic acids is 1. The van der Waals surface area contributed by atoms with E-state index in [4.69, 9.17) is 4.74 Å². The minimum atomic E-state index is -0.801. The number of carboxylic acid groups (broad SMARTS) is 1. The molecule has 1 fully saturated rings. The summed E-state index contributed by atoms with van der Waals surface area (Å²) in [6.45, 7) is 2.57. The highest BCUT2D eigenvalue weighted by Crippen LogP contribution is 2.43. The Morgan fingerprint density at radius 3 is 2.69 bits per heavy atom. The monoisotopic (exact) mass is 241 g/mol. The van der Waals surface area contributed by atoms with E-state index in [9.17, 15) is 9.90 Å². The van der Waals surface area contributed by atoms with Gasteiger partial charge in [0.05, 0.1) is 19.3 Å². The van der Waals surface area contributed by atoms with Gasteiger partial charge in [-0.05, 0) is 31.0 Å². The molecule has 2 N–H and O–H groups in total. The number of hydrogen-bond donors (Lipinski definition) is 2. The van der Waals surface area contributed by atoms with Crippen molar-refractivity contribution in [2.24, 2.45) is 5.41 Å². The summed E-state index contributed by atoms with van der Waals surface area (Å²) in [4.78, 5) is 12.5. The van der Waals surface area contributed by atoms with E-state index in [0.717, 1.165) is 10.4 Å². The Kier molecular flexibility index (Phi) is 3.01. The van der Waals surface area contributed by atoms with Crippen molar-refractivity contribution in [3.63, 3.8) is 0 Å². The van der Waals surface area contributed by atoms with Crippen LogP contribution in [0.2, 0.25) is 0 Å². The third-order valence-corrected chi connectivity index (χ3v) is 4.23. The van der Waals surface area contributed by atoms with Crippen molar-refractivity contribution in [1.29, 1.82) is 0 Å². The highest BCUT2D eigenvalue weighted by Gasteiger charge is 2.53. The summed E-state index contributed by atoms with van der Waals surface area (Å²) < 4.78 is 5.10. The summed E-state index contributed by atoms with van der Waals surface area (Å²) in [5.41, 5.74) is 0.335. The number of aliphatic carboxylic acids is 1. The van der Waals surface area contributed by atoms with E-state index in [-0.39, 0.29) is 19.3 Å². The molecular formula is C11H15NO3S. The molecule has 0 aliphatic carbocycles. The molecule has 2 rings (SSSR count). The van der Waals surface area contributed by atoms with Crippen LogP contribution >= 0.6 is 11.3 Å². The van der Waals surface area contributed by atoms with Crippen LogP contribution in [-0.2, 0) is 9.53 Å². The number of thiophene rings is 1. The maximum atomic E-state index is 11.4. The predicted molar refractivity (Wildman–Crippen MR) is 61.7 cm³/mol. The first-order valence-corrected chi connectivity index (χ1v) is 6.02. The molecule has 0 saturated carbocycles. The average Bonchev–Trinajstić information content (AvgIpc) is 2.57. The molecule has 0 amide bonds. The van der Waals surface area contributed by atoms with Crippen LogP contribution in [0.5, 0.6) is 0 Å². The molecule has 1 atom stereocenters. The summed E-state index contributed by atoms with van der Waals surface area (Å²) >= 11 is 1.59. The van der Waals surface area contributed by atoms with Crippen LogP contribution in [0.15, 0.2) is 11.4 Å². The summed E-state index contributed by atoms with van der Waals surface area (Å²) in [6, 6.07) is 1.85. The highest BCUT2D eigenvalue weighted by atomic mass is 32.1. The van der Waals surface area contributed by atoms with Gasteiger partial charge < -0.3 is 15.2 Å². The van der Waals surface area contributed by atoms with Crippen molar-refractivity contribution in [3.05, 3.63) is 21.9 Å². The minimum absolute atomic E-state index is 0.168. The Bertz CT molecular complexity index is 398. The van der Waals surface area contributed by atoms with Crippen LogP contribution in [0.1, 0.15) is 16.5 Å². The van der Waals surface area contributed by atoms with Crippen molar-refractivity contribution >= 4 is 17.3 Å². The van der Waals surface area contributed by atoms with Crippen molar-refractivity contribution in [1.82, 2.24) is 5.32 Å². The average molecular weight is 241 g/mol. The number of carbonyl (C=O) groups is 1. The lowest BCUT2D eigenvalue weighted by atomic mass is 9.77. The van der Waals surface area contributed by atoms with Gasteiger partial charge >= 0.3 is 5.97 Å². The van der Waals surface area contributed by atoms with Crippen LogP contribution in [0.25, 0.3) is 0 Å². The largest absolute Gasteiger partial charge is 0.481 e. The summed E-state index contributed by atoms with van der Waals surface area (Å²) in [5.74, 6) is -0.786. The van der Waals surface area contributed by atoms with Crippen LogP contribution in [0.3, 0.4) is 0 Å². The van der Waals surface area contributed by atoms with Crippen molar-refractivity contribution < 1.29 is 14.6 Å². The lowest BCUT2D eigenvalue weighted by Crippen LogP contribution is -2.56. The van der Waals surface area contributed by atoms with Gasteiger partial charge in [0.15, 0.2) is 0 Å². The predicted octanol–water partition coefficient (Wildman–Crippen LogP) is 1.42. The van der Waals surface area contributed by atoms with E-state index in [1.807, 2.05) is 18.4 Å². The third kappa shape index (κ3) is 1.55. The molecule has 1 saturated heterocycles. The number of rotatable bonds is 4. The number of aryl methyl sites for hydroxylation is 1. The lowest BCUT2D eigenvalue weighted by molar-refractivity contribution is -0.186. The Labute approximate surface area is 98.2 Å². The molecule has 4 nitrogen and oxygen atoms in total. The van der Waals surface area contributed by atoms with Crippen LogP contribution in [0, 0.1) is 12.3 Å². The van der Waals surface area contributed by atoms with Crippen LogP contribution < -0.4 is 5.32 Å². The number of nitrogens with one attached hydrogen (secondary N) is 1. The van der Waals surface area contributed by atoms with Crippen LogP contribution in [0.4, 0.5) is 0 Å². The summed E-state index contributed by atoms with van der Waals surface area (Å²) in [5, 5.41) is 14.5. The Morgan fingerprint density at radius 2 is 2.38 bits per heavy atom. The van der Waals surface area contributed by atoms with Gasteiger partial charge in [0.2, 0.25) is 0 Å². The maximum absolute atomic E-state index is 11.4. The van der Waals surface area contributed by atoms with E-state index < -0.39 is 11.4 Å². The number of ether oxygens (including phenoxy) is 1. The third-order valence-electron chi connectivity index (χ3n) is 3.15. The van der Waals surface area contributed by atoms with Gasteiger partial charge in [-0.25, -0.2) is 0 Å². The standard InChI is InChI=1S/C11H15NO3S/c1-7-3-4-16-8(7)9(12-2)11(10(13)14)5-15-6-11/h3-4,9,12H,5-6H2,1-2H3,(H,13,14).